The van der Waals surface area contributed by atoms with Crippen LogP contribution in [-0.2, 0) is 9.59 Å². The molecule has 144 valence electrons. The molecular weight excluding hydrogens is 363 g/mol. The van der Waals surface area contributed by atoms with Crippen LogP contribution in [0.3, 0.4) is 0 Å². The van der Waals surface area contributed by atoms with E-state index in [9.17, 15) is 14.0 Å². The molecule has 1 fully saturated rings. The van der Waals surface area contributed by atoms with Gasteiger partial charge >= 0.3 is 5.97 Å². The minimum atomic E-state index is -0.724. The van der Waals surface area contributed by atoms with Gasteiger partial charge in [0.2, 0.25) is 5.91 Å². The first-order valence-corrected chi connectivity index (χ1v) is 8.88. The van der Waals surface area contributed by atoms with Gasteiger partial charge in [-0.3, -0.25) is 9.59 Å². The molecule has 7 heteroatoms. The van der Waals surface area contributed by atoms with Crippen LogP contribution in [0, 0.1) is 30.0 Å². The van der Waals surface area contributed by atoms with Gasteiger partial charge in [0.15, 0.2) is 11.5 Å². The number of hydrogen-bond acceptors (Lipinski definition) is 5. The fourth-order valence-corrected chi connectivity index (χ4v) is 3.05. The highest BCUT2D eigenvalue weighted by Crippen LogP contribution is 2.32. The van der Waals surface area contributed by atoms with Gasteiger partial charge in [0.05, 0.1) is 29.8 Å². The third-order valence-corrected chi connectivity index (χ3v) is 4.44. The molecule has 2 aromatic rings. The number of ether oxygens (including phenoxy) is 2. The summed E-state index contributed by atoms with van der Waals surface area (Å²) >= 11 is 0. The van der Waals surface area contributed by atoms with Crippen molar-refractivity contribution < 1.29 is 23.5 Å². The van der Waals surface area contributed by atoms with E-state index in [1.54, 1.807) is 19.9 Å². The number of nitrogens with zero attached hydrogens (tertiary/aromatic N) is 2. The molecule has 6 nitrogen and oxygen atoms in total. The van der Waals surface area contributed by atoms with Gasteiger partial charge < -0.3 is 14.4 Å². The summed E-state index contributed by atoms with van der Waals surface area (Å²) in [4.78, 5) is 26.2. The number of carbonyl (C=O) groups excluding carboxylic acids is 2. The van der Waals surface area contributed by atoms with Gasteiger partial charge in [-0.15, -0.1) is 0 Å². The van der Waals surface area contributed by atoms with Crippen LogP contribution in [0.25, 0.3) is 0 Å². The molecule has 1 saturated heterocycles. The van der Waals surface area contributed by atoms with Crippen molar-refractivity contribution in [3.05, 3.63) is 53.3 Å². The predicted octanol–water partition coefficient (Wildman–Crippen LogP) is 3.36. The summed E-state index contributed by atoms with van der Waals surface area (Å²) in [6.07, 6.45) is -0.0631. The summed E-state index contributed by atoms with van der Waals surface area (Å²) in [6.45, 7) is 3.90. The number of carbonyl (C=O) groups is 2. The predicted molar refractivity (Wildman–Crippen MR) is 99.6 cm³/mol. The third-order valence-electron chi connectivity index (χ3n) is 4.44. The van der Waals surface area contributed by atoms with Gasteiger partial charge in [-0.2, -0.15) is 5.26 Å². The van der Waals surface area contributed by atoms with Crippen molar-refractivity contribution >= 4 is 17.6 Å². The van der Waals surface area contributed by atoms with Gasteiger partial charge in [-0.05, 0) is 43.7 Å². The fraction of sp³-hybridized carbons (Fsp3) is 0.286. The van der Waals surface area contributed by atoms with Gasteiger partial charge in [-0.25, -0.2) is 4.39 Å². The van der Waals surface area contributed by atoms with Gasteiger partial charge in [0.1, 0.15) is 5.82 Å². The Labute approximate surface area is 162 Å². The van der Waals surface area contributed by atoms with Crippen molar-refractivity contribution in [3.63, 3.8) is 0 Å². The number of esters is 1. The lowest BCUT2D eigenvalue weighted by Crippen LogP contribution is -2.28. The molecule has 1 heterocycles. The summed E-state index contributed by atoms with van der Waals surface area (Å²) < 4.78 is 25.1. The van der Waals surface area contributed by atoms with E-state index in [0.29, 0.717) is 12.2 Å². The SMILES string of the molecule is CCOc1cc(C#N)ccc1OC(=O)C1CC(=O)N(c2ccc(C)cc2F)C1. The van der Waals surface area contributed by atoms with E-state index < -0.39 is 17.7 Å². The van der Waals surface area contributed by atoms with Crippen molar-refractivity contribution in [2.24, 2.45) is 5.92 Å². The molecule has 1 aliphatic heterocycles. The second-order valence-corrected chi connectivity index (χ2v) is 6.49. The van der Waals surface area contributed by atoms with Crippen molar-refractivity contribution in [1.82, 2.24) is 0 Å². The van der Waals surface area contributed by atoms with Crippen LogP contribution in [0.4, 0.5) is 10.1 Å². The number of hydrogen-bond donors (Lipinski definition) is 0. The van der Waals surface area contributed by atoms with E-state index in [-0.39, 0.29) is 36.1 Å². The topological polar surface area (TPSA) is 79.6 Å². The molecule has 0 aromatic heterocycles. The Bertz CT molecular complexity index is 967. The molecule has 2 aromatic carbocycles. The minimum Gasteiger partial charge on any atom is -0.490 e. The maximum atomic E-state index is 14.2. The zero-order chi connectivity index (χ0) is 20.3. The van der Waals surface area contributed by atoms with E-state index in [4.69, 9.17) is 14.7 Å². The molecule has 1 unspecified atom stereocenters. The molecule has 0 radical (unpaired) electrons. The van der Waals surface area contributed by atoms with Crippen LogP contribution in [0.1, 0.15) is 24.5 Å². The lowest BCUT2D eigenvalue weighted by molar-refractivity contribution is -0.139. The Balaban J connectivity index is 1.76. The molecule has 28 heavy (non-hydrogen) atoms. The van der Waals surface area contributed by atoms with E-state index in [2.05, 4.69) is 0 Å². The number of amides is 1. The Morgan fingerprint density at radius 2 is 2.07 bits per heavy atom. The van der Waals surface area contributed by atoms with Crippen LogP contribution in [0.5, 0.6) is 11.5 Å². The molecule has 0 N–H and O–H groups in total. The largest absolute Gasteiger partial charge is 0.490 e. The second-order valence-electron chi connectivity index (χ2n) is 6.49. The Hall–Kier alpha value is -3.40. The zero-order valence-corrected chi connectivity index (χ0v) is 15.6. The molecule has 3 rings (SSSR count). The quantitative estimate of drug-likeness (QED) is 0.585. The van der Waals surface area contributed by atoms with Crippen molar-refractivity contribution in [3.8, 4) is 17.6 Å². The molecule has 0 bridgehead atoms. The van der Waals surface area contributed by atoms with Crippen LogP contribution in [0.2, 0.25) is 0 Å². The summed E-state index contributed by atoms with van der Waals surface area (Å²) in [7, 11) is 0. The number of benzene rings is 2. The Morgan fingerprint density at radius 3 is 2.75 bits per heavy atom. The molecule has 0 spiro atoms. The highest BCUT2D eigenvalue weighted by atomic mass is 19.1. The van der Waals surface area contributed by atoms with E-state index in [1.165, 1.54) is 35.2 Å². The number of nitriles is 1. The molecule has 1 amide bonds. The standard InChI is InChI=1S/C21H19FN2O4/c1-3-27-19-9-14(11-23)5-7-18(19)28-21(26)15-10-20(25)24(12-15)17-6-4-13(2)8-16(17)22/h4-9,15H,3,10,12H2,1-2H3. The summed E-state index contributed by atoms with van der Waals surface area (Å²) in [6, 6.07) is 11.1. The average molecular weight is 382 g/mol. The van der Waals surface area contributed by atoms with Gasteiger partial charge in [-0.1, -0.05) is 6.07 Å². The Kier molecular flexibility index (Phi) is 5.59. The number of anilines is 1. The lowest BCUT2D eigenvalue weighted by atomic mass is 10.1. The smallest absolute Gasteiger partial charge is 0.316 e. The fourth-order valence-electron chi connectivity index (χ4n) is 3.05. The monoisotopic (exact) mass is 382 g/mol. The summed E-state index contributed by atoms with van der Waals surface area (Å²) in [5.74, 6) is -1.71. The number of halogens is 1. The third kappa shape index (κ3) is 3.96. The van der Waals surface area contributed by atoms with Crippen molar-refractivity contribution in [1.29, 1.82) is 5.26 Å². The van der Waals surface area contributed by atoms with Crippen molar-refractivity contribution in [2.45, 2.75) is 20.3 Å². The van der Waals surface area contributed by atoms with E-state index in [1.807, 2.05) is 6.07 Å². The molecule has 0 saturated carbocycles. The van der Waals surface area contributed by atoms with Gasteiger partial charge in [0.25, 0.3) is 0 Å². The average Bonchev–Trinajstić information content (AvgIpc) is 3.05. The van der Waals surface area contributed by atoms with Gasteiger partial charge in [0, 0.05) is 19.0 Å². The van der Waals surface area contributed by atoms with Crippen LogP contribution >= 0.6 is 0 Å². The highest BCUT2D eigenvalue weighted by Gasteiger charge is 2.37. The molecule has 0 aliphatic carbocycles. The van der Waals surface area contributed by atoms with Crippen molar-refractivity contribution in [2.75, 3.05) is 18.1 Å². The maximum Gasteiger partial charge on any atom is 0.316 e. The highest BCUT2D eigenvalue weighted by molar-refractivity contribution is 5.99. The first kappa shape index (κ1) is 19.4. The summed E-state index contributed by atoms with van der Waals surface area (Å²) in [5.41, 5.74) is 1.27. The normalized spacial score (nSPS) is 16.0. The second kappa shape index (κ2) is 8.09. The first-order valence-electron chi connectivity index (χ1n) is 8.88. The van der Waals surface area contributed by atoms with Crippen LogP contribution in [0.15, 0.2) is 36.4 Å². The van der Waals surface area contributed by atoms with Crippen LogP contribution < -0.4 is 14.4 Å². The Morgan fingerprint density at radius 1 is 1.29 bits per heavy atom. The first-order chi connectivity index (χ1) is 13.4. The van der Waals surface area contributed by atoms with Crippen LogP contribution in [-0.4, -0.2) is 25.0 Å². The zero-order valence-electron chi connectivity index (χ0n) is 15.6. The number of rotatable bonds is 5. The number of aryl methyl sites for hydroxylation is 1. The molecule has 1 atom stereocenters. The van der Waals surface area contributed by atoms with E-state index >= 15 is 0 Å². The van der Waals surface area contributed by atoms with E-state index in [0.717, 1.165) is 5.56 Å². The molecule has 1 aliphatic rings. The summed E-state index contributed by atoms with van der Waals surface area (Å²) in [5, 5.41) is 8.99. The lowest BCUT2D eigenvalue weighted by Gasteiger charge is -2.18. The molecular formula is C21H19FN2O4. The maximum absolute atomic E-state index is 14.2. The minimum absolute atomic E-state index is 0.0396.